The fourth-order valence-electron chi connectivity index (χ4n) is 3.04. The molecule has 27 heavy (non-hydrogen) atoms. The summed E-state index contributed by atoms with van der Waals surface area (Å²) in [4.78, 5) is 14.1. The van der Waals surface area contributed by atoms with Crippen LogP contribution in [0.1, 0.15) is 34.3 Å². The molecule has 1 aromatic carbocycles. The third kappa shape index (κ3) is 5.55. The fraction of sp³-hybridized carbons (Fsp3) is 0.350. The van der Waals surface area contributed by atoms with Gasteiger partial charge in [0.15, 0.2) is 0 Å². The quantitative estimate of drug-likeness (QED) is 0.825. The molecular formula is C20H24N2O4S. The highest BCUT2D eigenvalue weighted by Gasteiger charge is 2.24. The van der Waals surface area contributed by atoms with Crippen LogP contribution in [-0.4, -0.2) is 38.9 Å². The van der Waals surface area contributed by atoms with Gasteiger partial charge in [0.1, 0.15) is 6.26 Å². The average Bonchev–Trinajstić information content (AvgIpc) is 3.21. The zero-order valence-electron chi connectivity index (χ0n) is 15.3. The Bertz CT molecular complexity index is 879. The Morgan fingerprint density at radius 2 is 1.93 bits per heavy atom. The van der Waals surface area contributed by atoms with Gasteiger partial charge < -0.3 is 9.32 Å². The van der Waals surface area contributed by atoms with E-state index in [0.29, 0.717) is 25.2 Å². The molecule has 0 radical (unpaired) electrons. The van der Waals surface area contributed by atoms with Crippen molar-refractivity contribution in [2.75, 3.05) is 19.6 Å². The van der Waals surface area contributed by atoms with Crippen LogP contribution in [0.15, 0.2) is 52.7 Å². The van der Waals surface area contributed by atoms with Gasteiger partial charge in [0.25, 0.3) is 5.91 Å². The predicted octanol–water partition coefficient (Wildman–Crippen LogP) is 3.03. The van der Waals surface area contributed by atoms with Crippen molar-refractivity contribution in [3.63, 3.8) is 0 Å². The van der Waals surface area contributed by atoms with Gasteiger partial charge in [-0.1, -0.05) is 29.8 Å². The van der Waals surface area contributed by atoms with Gasteiger partial charge in [0.2, 0.25) is 10.0 Å². The van der Waals surface area contributed by atoms with E-state index in [1.54, 1.807) is 17.0 Å². The number of nitrogens with one attached hydrogen (secondary N) is 1. The molecule has 1 saturated heterocycles. The van der Waals surface area contributed by atoms with Crippen LogP contribution in [-0.2, 0) is 10.0 Å². The standard InChI is InChI=1S/C20H24N2O4S/c1-16-2-4-17(5-3-16)9-13-27(24,25)21-14-18-6-10-22(11-7-18)20(23)19-8-12-26-15-19/h2-5,8-9,12-13,15,18,21H,6-7,10-11,14H2,1H3. The van der Waals surface area contributed by atoms with E-state index in [2.05, 4.69) is 4.72 Å². The molecule has 1 aromatic heterocycles. The van der Waals surface area contributed by atoms with Crippen molar-refractivity contribution in [3.05, 3.63) is 65.0 Å². The number of benzene rings is 1. The third-order valence-corrected chi connectivity index (χ3v) is 5.82. The average molecular weight is 388 g/mol. The molecule has 7 heteroatoms. The summed E-state index contributed by atoms with van der Waals surface area (Å²) in [6, 6.07) is 9.31. The van der Waals surface area contributed by atoms with Gasteiger partial charge in [-0.2, -0.15) is 0 Å². The molecule has 0 bridgehead atoms. The topological polar surface area (TPSA) is 79.6 Å². The first-order valence-electron chi connectivity index (χ1n) is 8.99. The number of furan rings is 1. The van der Waals surface area contributed by atoms with Crippen LogP contribution in [0.5, 0.6) is 0 Å². The van der Waals surface area contributed by atoms with Gasteiger partial charge in [-0.3, -0.25) is 4.79 Å². The Morgan fingerprint density at radius 3 is 2.56 bits per heavy atom. The Hall–Kier alpha value is -2.38. The van der Waals surface area contributed by atoms with Crippen molar-refractivity contribution in [1.82, 2.24) is 9.62 Å². The maximum atomic E-state index is 12.3. The number of hydrogen-bond donors (Lipinski definition) is 1. The van der Waals surface area contributed by atoms with Crippen molar-refractivity contribution in [1.29, 1.82) is 0 Å². The summed E-state index contributed by atoms with van der Waals surface area (Å²) < 4.78 is 31.9. The van der Waals surface area contributed by atoms with Crippen LogP contribution < -0.4 is 4.72 Å². The van der Waals surface area contributed by atoms with Crippen molar-refractivity contribution in [2.45, 2.75) is 19.8 Å². The minimum Gasteiger partial charge on any atom is -0.472 e. The van der Waals surface area contributed by atoms with Crippen LogP contribution >= 0.6 is 0 Å². The van der Waals surface area contributed by atoms with E-state index in [0.717, 1.165) is 24.0 Å². The smallest absolute Gasteiger partial charge is 0.257 e. The predicted molar refractivity (Wildman–Crippen MR) is 104 cm³/mol. The van der Waals surface area contributed by atoms with Crippen LogP contribution in [0.4, 0.5) is 0 Å². The molecule has 0 atom stereocenters. The zero-order chi connectivity index (χ0) is 19.3. The fourth-order valence-corrected chi connectivity index (χ4v) is 3.94. The first kappa shape index (κ1) is 19.4. The third-order valence-electron chi connectivity index (χ3n) is 4.76. The summed E-state index contributed by atoms with van der Waals surface area (Å²) in [6.07, 6.45) is 6.07. The van der Waals surface area contributed by atoms with E-state index >= 15 is 0 Å². The molecule has 2 heterocycles. The molecule has 1 N–H and O–H groups in total. The second kappa shape index (κ2) is 8.54. The van der Waals surface area contributed by atoms with Crippen LogP contribution in [0.3, 0.4) is 0 Å². The first-order valence-corrected chi connectivity index (χ1v) is 10.5. The van der Waals surface area contributed by atoms with Crippen molar-refractivity contribution >= 4 is 22.0 Å². The Morgan fingerprint density at radius 1 is 1.22 bits per heavy atom. The van der Waals surface area contributed by atoms with E-state index < -0.39 is 10.0 Å². The van der Waals surface area contributed by atoms with E-state index in [1.807, 2.05) is 31.2 Å². The van der Waals surface area contributed by atoms with E-state index in [1.165, 1.54) is 17.9 Å². The largest absolute Gasteiger partial charge is 0.472 e. The highest BCUT2D eigenvalue weighted by Crippen LogP contribution is 2.19. The van der Waals surface area contributed by atoms with E-state index in [9.17, 15) is 13.2 Å². The minimum atomic E-state index is -3.48. The summed E-state index contributed by atoms with van der Waals surface area (Å²) in [5.41, 5.74) is 2.53. The lowest BCUT2D eigenvalue weighted by Gasteiger charge is -2.31. The number of carbonyl (C=O) groups is 1. The summed E-state index contributed by atoms with van der Waals surface area (Å²) in [6.45, 7) is 3.61. The molecule has 1 aliphatic heterocycles. The highest BCUT2D eigenvalue weighted by molar-refractivity contribution is 7.92. The van der Waals surface area contributed by atoms with Crippen molar-refractivity contribution in [3.8, 4) is 0 Å². The SMILES string of the molecule is Cc1ccc(C=CS(=O)(=O)NCC2CCN(C(=O)c3ccoc3)CC2)cc1. The molecule has 1 fully saturated rings. The molecule has 0 unspecified atom stereocenters. The Kier molecular flexibility index (Phi) is 6.13. The molecule has 0 spiro atoms. The molecule has 144 valence electrons. The second-order valence-corrected chi connectivity index (χ2v) is 8.51. The molecule has 2 aromatic rings. The first-order chi connectivity index (χ1) is 12.9. The van der Waals surface area contributed by atoms with Gasteiger partial charge in [-0.05, 0) is 43.4 Å². The number of rotatable bonds is 6. The molecule has 1 aliphatic rings. The highest BCUT2D eigenvalue weighted by atomic mass is 32.2. The molecular weight excluding hydrogens is 364 g/mol. The number of amides is 1. The van der Waals surface area contributed by atoms with Crippen molar-refractivity contribution in [2.24, 2.45) is 5.92 Å². The minimum absolute atomic E-state index is 0.0381. The van der Waals surface area contributed by atoms with Crippen LogP contribution in [0.2, 0.25) is 0 Å². The number of piperidine rings is 1. The van der Waals surface area contributed by atoms with Crippen LogP contribution in [0, 0.1) is 12.8 Å². The number of sulfonamides is 1. The molecule has 3 rings (SSSR count). The number of likely N-dealkylation sites (tertiary alicyclic amines) is 1. The summed E-state index contributed by atoms with van der Waals surface area (Å²) in [7, 11) is -3.48. The lowest BCUT2D eigenvalue weighted by Crippen LogP contribution is -2.41. The Balaban J connectivity index is 1.46. The number of nitrogens with zero attached hydrogens (tertiary/aromatic N) is 1. The number of carbonyl (C=O) groups excluding carboxylic acids is 1. The number of aryl methyl sites for hydroxylation is 1. The second-order valence-electron chi connectivity index (χ2n) is 6.85. The van der Waals surface area contributed by atoms with Gasteiger partial charge in [-0.15, -0.1) is 0 Å². The summed E-state index contributed by atoms with van der Waals surface area (Å²) in [5, 5.41) is 1.20. The lowest BCUT2D eigenvalue weighted by molar-refractivity contribution is 0.0691. The maximum Gasteiger partial charge on any atom is 0.257 e. The molecule has 6 nitrogen and oxygen atoms in total. The lowest BCUT2D eigenvalue weighted by atomic mass is 9.97. The van der Waals surface area contributed by atoms with Gasteiger partial charge in [0, 0.05) is 25.0 Å². The van der Waals surface area contributed by atoms with Gasteiger partial charge >= 0.3 is 0 Å². The molecule has 0 saturated carbocycles. The zero-order valence-corrected chi connectivity index (χ0v) is 16.1. The van der Waals surface area contributed by atoms with Gasteiger partial charge in [0.05, 0.1) is 11.8 Å². The molecule has 1 amide bonds. The normalized spacial score (nSPS) is 16.1. The van der Waals surface area contributed by atoms with Gasteiger partial charge in [-0.25, -0.2) is 13.1 Å². The Labute approximate surface area is 159 Å². The molecule has 0 aliphatic carbocycles. The maximum absolute atomic E-state index is 12.3. The summed E-state index contributed by atoms with van der Waals surface area (Å²) in [5.74, 6) is 0.185. The number of hydrogen-bond acceptors (Lipinski definition) is 4. The van der Waals surface area contributed by atoms with Crippen LogP contribution in [0.25, 0.3) is 6.08 Å². The monoisotopic (exact) mass is 388 g/mol. The van der Waals surface area contributed by atoms with E-state index in [-0.39, 0.29) is 11.8 Å². The van der Waals surface area contributed by atoms with E-state index in [4.69, 9.17) is 4.42 Å². The van der Waals surface area contributed by atoms with Crippen molar-refractivity contribution < 1.29 is 17.6 Å². The summed E-state index contributed by atoms with van der Waals surface area (Å²) >= 11 is 0.